The molecular formula is C28H32FNO6S. The predicted octanol–water partition coefficient (Wildman–Crippen LogP) is 6.13. The minimum absolute atomic E-state index is 0.0210. The molecule has 0 fully saturated rings. The lowest BCUT2D eigenvalue weighted by Gasteiger charge is -2.20. The standard InChI is InChI=1S/C28H32FNO6S/c1-28(2,3)20-9-8-10-21(17-20)37(31,32)30-25-19(13-14-22(29)26(25)35-6)12-11-18-15-23(33-4)27(36-7)24(16-18)34-5/h8-17,30H,1-7H3. The number of halogens is 1. The van der Waals surface area contributed by atoms with Crippen LogP contribution in [0.25, 0.3) is 12.2 Å². The van der Waals surface area contributed by atoms with Crippen LogP contribution in [0.3, 0.4) is 0 Å². The van der Waals surface area contributed by atoms with E-state index in [1.807, 2.05) is 26.8 Å². The van der Waals surface area contributed by atoms with Crippen molar-refractivity contribution in [2.75, 3.05) is 33.2 Å². The zero-order valence-corrected chi connectivity index (χ0v) is 22.8. The second-order valence-corrected chi connectivity index (χ2v) is 10.9. The molecule has 3 rings (SSSR count). The highest BCUT2D eigenvalue weighted by atomic mass is 32.2. The molecule has 9 heteroatoms. The Balaban J connectivity index is 2.08. The van der Waals surface area contributed by atoms with Crippen LogP contribution in [-0.2, 0) is 15.4 Å². The highest BCUT2D eigenvalue weighted by Crippen LogP contribution is 2.39. The number of hydrogen-bond acceptors (Lipinski definition) is 6. The summed E-state index contributed by atoms with van der Waals surface area (Å²) in [5.74, 6) is 0.434. The lowest BCUT2D eigenvalue weighted by Crippen LogP contribution is -2.17. The van der Waals surface area contributed by atoms with Crippen LogP contribution in [0.2, 0.25) is 0 Å². The number of hydrogen-bond donors (Lipinski definition) is 1. The van der Waals surface area contributed by atoms with Crippen molar-refractivity contribution in [1.82, 2.24) is 0 Å². The molecule has 37 heavy (non-hydrogen) atoms. The highest BCUT2D eigenvalue weighted by molar-refractivity contribution is 7.92. The van der Waals surface area contributed by atoms with Crippen molar-refractivity contribution in [1.29, 1.82) is 0 Å². The Hall–Kier alpha value is -3.72. The van der Waals surface area contributed by atoms with Gasteiger partial charge in [-0.2, -0.15) is 0 Å². The fraction of sp³-hybridized carbons (Fsp3) is 0.286. The number of sulfonamides is 1. The van der Waals surface area contributed by atoms with Gasteiger partial charge in [0.05, 0.1) is 33.3 Å². The maximum Gasteiger partial charge on any atom is 0.262 e. The van der Waals surface area contributed by atoms with E-state index < -0.39 is 15.8 Å². The van der Waals surface area contributed by atoms with Gasteiger partial charge in [0, 0.05) is 5.56 Å². The van der Waals surface area contributed by atoms with Crippen LogP contribution in [0.5, 0.6) is 23.0 Å². The Kier molecular flexibility index (Phi) is 8.38. The second-order valence-electron chi connectivity index (χ2n) is 9.22. The first-order chi connectivity index (χ1) is 17.4. The zero-order chi connectivity index (χ0) is 27.4. The number of nitrogens with one attached hydrogen (secondary N) is 1. The first-order valence-electron chi connectivity index (χ1n) is 11.4. The van der Waals surface area contributed by atoms with Crippen molar-refractivity contribution in [3.05, 3.63) is 71.0 Å². The number of anilines is 1. The van der Waals surface area contributed by atoms with E-state index in [-0.39, 0.29) is 21.7 Å². The molecule has 7 nitrogen and oxygen atoms in total. The molecule has 3 aromatic rings. The number of ether oxygens (including phenoxy) is 4. The average Bonchev–Trinajstić information content (AvgIpc) is 2.87. The van der Waals surface area contributed by atoms with Crippen LogP contribution < -0.4 is 23.7 Å². The molecule has 0 bridgehead atoms. The van der Waals surface area contributed by atoms with Crippen LogP contribution in [-0.4, -0.2) is 36.9 Å². The lowest BCUT2D eigenvalue weighted by atomic mass is 9.87. The maximum atomic E-state index is 14.6. The first-order valence-corrected chi connectivity index (χ1v) is 12.9. The van der Waals surface area contributed by atoms with Gasteiger partial charge in [-0.3, -0.25) is 4.72 Å². The summed E-state index contributed by atoms with van der Waals surface area (Å²) in [5.41, 5.74) is 1.65. The fourth-order valence-corrected chi connectivity index (χ4v) is 4.86. The Bertz CT molecular complexity index is 1390. The first kappa shape index (κ1) is 27.9. The van der Waals surface area contributed by atoms with E-state index in [1.165, 1.54) is 46.6 Å². The van der Waals surface area contributed by atoms with Crippen molar-refractivity contribution in [2.45, 2.75) is 31.1 Å². The van der Waals surface area contributed by atoms with Crippen LogP contribution in [0.1, 0.15) is 37.5 Å². The van der Waals surface area contributed by atoms with Gasteiger partial charge in [-0.05, 0) is 52.9 Å². The van der Waals surface area contributed by atoms with E-state index in [4.69, 9.17) is 18.9 Å². The third kappa shape index (κ3) is 6.17. The van der Waals surface area contributed by atoms with Gasteiger partial charge in [-0.25, -0.2) is 12.8 Å². The topological polar surface area (TPSA) is 83.1 Å². The van der Waals surface area contributed by atoms with Crippen molar-refractivity contribution < 1.29 is 31.8 Å². The molecule has 1 N–H and O–H groups in total. The van der Waals surface area contributed by atoms with E-state index in [0.717, 1.165) is 5.56 Å². The second kappa shape index (κ2) is 11.1. The molecule has 0 amide bonds. The van der Waals surface area contributed by atoms with E-state index >= 15 is 0 Å². The Morgan fingerprint density at radius 2 is 1.43 bits per heavy atom. The molecular weight excluding hydrogens is 497 g/mol. The third-order valence-electron chi connectivity index (χ3n) is 5.74. The summed E-state index contributed by atoms with van der Waals surface area (Å²) in [6, 6.07) is 12.8. The molecule has 0 spiro atoms. The van der Waals surface area contributed by atoms with Gasteiger partial charge in [0.1, 0.15) is 5.69 Å². The average molecular weight is 530 g/mol. The summed E-state index contributed by atoms with van der Waals surface area (Å²) >= 11 is 0. The van der Waals surface area contributed by atoms with Crippen molar-refractivity contribution in [3.63, 3.8) is 0 Å². The van der Waals surface area contributed by atoms with Gasteiger partial charge in [-0.15, -0.1) is 0 Å². The van der Waals surface area contributed by atoms with E-state index in [1.54, 1.807) is 36.4 Å². The molecule has 3 aromatic carbocycles. The van der Waals surface area contributed by atoms with E-state index in [2.05, 4.69) is 4.72 Å². The summed E-state index contributed by atoms with van der Waals surface area (Å²) < 4.78 is 65.3. The molecule has 0 aliphatic rings. The molecule has 0 saturated carbocycles. The number of methoxy groups -OCH3 is 4. The molecule has 0 saturated heterocycles. The molecule has 0 aliphatic carbocycles. The van der Waals surface area contributed by atoms with Crippen molar-refractivity contribution >= 4 is 27.9 Å². The maximum absolute atomic E-state index is 14.6. The van der Waals surface area contributed by atoms with Gasteiger partial charge in [-0.1, -0.05) is 45.1 Å². The molecule has 0 heterocycles. The third-order valence-corrected chi connectivity index (χ3v) is 7.08. The lowest BCUT2D eigenvalue weighted by molar-refractivity contribution is 0.324. The summed E-state index contributed by atoms with van der Waals surface area (Å²) in [6.07, 6.45) is 3.36. The van der Waals surface area contributed by atoms with Crippen molar-refractivity contribution in [3.8, 4) is 23.0 Å². The summed E-state index contributed by atoms with van der Waals surface area (Å²) in [4.78, 5) is 0.0609. The van der Waals surface area contributed by atoms with Gasteiger partial charge in [0.25, 0.3) is 10.0 Å². The minimum Gasteiger partial charge on any atom is -0.493 e. The van der Waals surface area contributed by atoms with Gasteiger partial charge >= 0.3 is 0 Å². The molecule has 0 unspecified atom stereocenters. The molecule has 0 aromatic heterocycles. The molecule has 0 atom stereocenters. The molecule has 0 aliphatic heterocycles. The van der Waals surface area contributed by atoms with Gasteiger partial charge in [0.15, 0.2) is 23.1 Å². The Labute approximate surface area is 217 Å². The number of benzene rings is 3. The van der Waals surface area contributed by atoms with Crippen LogP contribution in [0, 0.1) is 5.82 Å². The van der Waals surface area contributed by atoms with Gasteiger partial charge < -0.3 is 18.9 Å². The predicted molar refractivity (Wildman–Crippen MR) is 144 cm³/mol. The van der Waals surface area contributed by atoms with E-state index in [9.17, 15) is 12.8 Å². The Morgan fingerprint density at radius 3 is 1.97 bits per heavy atom. The van der Waals surface area contributed by atoms with E-state index in [0.29, 0.717) is 28.4 Å². The summed E-state index contributed by atoms with van der Waals surface area (Å²) in [7, 11) is 1.74. The number of rotatable bonds is 9. The smallest absolute Gasteiger partial charge is 0.262 e. The quantitative estimate of drug-likeness (QED) is 0.336. The summed E-state index contributed by atoms with van der Waals surface area (Å²) in [6.45, 7) is 5.98. The zero-order valence-electron chi connectivity index (χ0n) is 22.0. The SMILES string of the molecule is COc1cc(C=Cc2ccc(F)c(OC)c2NS(=O)(=O)c2cccc(C(C)(C)C)c2)cc(OC)c1OC. The Morgan fingerprint density at radius 1 is 0.811 bits per heavy atom. The normalized spacial score (nSPS) is 11.9. The minimum atomic E-state index is -4.07. The van der Waals surface area contributed by atoms with Crippen LogP contribution in [0.4, 0.5) is 10.1 Å². The molecule has 0 radical (unpaired) electrons. The fourth-order valence-electron chi connectivity index (χ4n) is 3.72. The summed E-state index contributed by atoms with van der Waals surface area (Å²) in [5, 5.41) is 0. The van der Waals surface area contributed by atoms with Crippen molar-refractivity contribution in [2.24, 2.45) is 0 Å². The highest BCUT2D eigenvalue weighted by Gasteiger charge is 2.23. The van der Waals surface area contributed by atoms with Crippen LogP contribution in [0.15, 0.2) is 53.4 Å². The van der Waals surface area contributed by atoms with Gasteiger partial charge in [0.2, 0.25) is 5.75 Å². The molecule has 198 valence electrons. The monoisotopic (exact) mass is 529 g/mol. The largest absolute Gasteiger partial charge is 0.493 e. The van der Waals surface area contributed by atoms with Crippen LogP contribution >= 0.6 is 0 Å².